The molecule has 2 aromatic carbocycles. The third kappa shape index (κ3) is 3.06. The summed E-state index contributed by atoms with van der Waals surface area (Å²) in [7, 11) is 1.69. The second-order valence-corrected chi connectivity index (χ2v) is 7.16. The van der Waals surface area contributed by atoms with E-state index in [1.165, 1.54) is 29.7 Å². The largest absolute Gasteiger partial charge is 0.497 e. The SMILES string of the molecule is COc1cccc(-c2nc(=S)c3c(n2-c2ccc(C)cc2)CCCC3)c1. The number of ether oxygens (including phenoxy) is 1. The molecule has 0 bridgehead atoms. The maximum atomic E-state index is 5.66. The minimum atomic E-state index is 0.737. The van der Waals surface area contributed by atoms with Gasteiger partial charge in [0.15, 0.2) is 0 Å². The van der Waals surface area contributed by atoms with E-state index in [1.54, 1.807) is 7.11 Å². The number of benzene rings is 2. The van der Waals surface area contributed by atoms with Crippen LogP contribution in [0.3, 0.4) is 0 Å². The van der Waals surface area contributed by atoms with Crippen molar-refractivity contribution in [1.29, 1.82) is 0 Å². The first-order valence-electron chi connectivity index (χ1n) is 9.03. The molecule has 1 aromatic heterocycles. The van der Waals surface area contributed by atoms with Gasteiger partial charge in [-0.05, 0) is 56.9 Å². The van der Waals surface area contributed by atoms with E-state index in [1.807, 2.05) is 18.2 Å². The zero-order chi connectivity index (χ0) is 18.1. The average molecular weight is 362 g/mol. The fraction of sp³-hybridized carbons (Fsp3) is 0.273. The van der Waals surface area contributed by atoms with Crippen molar-refractivity contribution in [3.8, 4) is 22.8 Å². The first-order valence-corrected chi connectivity index (χ1v) is 9.44. The third-order valence-corrected chi connectivity index (χ3v) is 5.34. The van der Waals surface area contributed by atoms with E-state index in [0.29, 0.717) is 0 Å². The fourth-order valence-electron chi connectivity index (χ4n) is 3.64. The number of hydrogen-bond donors (Lipinski definition) is 0. The third-order valence-electron chi connectivity index (χ3n) is 5.01. The van der Waals surface area contributed by atoms with E-state index in [9.17, 15) is 0 Å². The maximum absolute atomic E-state index is 5.66. The molecule has 0 amide bonds. The van der Waals surface area contributed by atoms with Gasteiger partial charge in [-0.15, -0.1) is 0 Å². The molecule has 3 nitrogen and oxygen atoms in total. The molecule has 132 valence electrons. The summed E-state index contributed by atoms with van der Waals surface area (Å²) >= 11 is 5.66. The lowest BCUT2D eigenvalue weighted by Crippen LogP contribution is -2.17. The van der Waals surface area contributed by atoms with Gasteiger partial charge in [0, 0.05) is 22.5 Å². The molecule has 1 aliphatic rings. The monoisotopic (exact) mass is 362 g/mol. The Morgan fingerprint density at radius 3 is 2.58 bits per heavy atom. The Balaban J connectivity index is 2.02. The van der Waals surface area contributed by atoms with E-state index < -0.39 is 0 Å². The molecule has 0 fully saturated rings. The summed E-state index contributed by atoms with van der Waals surface area (Å²) < 4.78 is 8.44. The summed E-state index contributed by atoms with van der Waals surface area (Å²) in [5, 5.41) is 0. The van der Waals surface area contributed by atoms with Gasteiger partial charge in [-0.1, -0.05) is 42.0 Å². The van der Waals surface area contributed by atoms with Crippen molar-refractivity contribution in [3.63, 3.8) is 0 Å². The molecule has 0 saturated carbocycles. The zero-order valence-electron chi connectivity index (χ0n) is 15.2. The van der Waals surface area contributed by atoms with Gasteiger partial charge in [0.05, 0.1) is 7.11 Å². The quantitative estimate of drug-likeness (QED) is 0.579. The summed E-state index contributed by atoms with van der Waals surface area (Å²) in [6.45, 7) is 2.11. The van der Waals surface area contributed by atoms with Gasteiger partial charge in [0.1, 0.15) is 16.2 Å². The van der Waals surface area contributed by atoms with Crippen molar-refractivity contribution in [1.82, 2.24) is 9.55 Å². The van der Waals surface area contributed by atoms with Crippen molar-refractivity contribution in [3.05, 3.63) is 70.0 Å². The molecule has 0 atom stereocenters. The number of hydrogen-bond acceptors (Lipinski definition) is 3. The molecule has 4 heteroatoms. The van der Waals surface area contributed by atoms with Crippen LogP contribution in [0.2, 0.25) is 0 Å². The maximum Gasteiger partial charge on any atom is 0.146 e. The Bertz CT molecular complexity index is 1010. The highest BCUT2D eigenvalue weighted by Gasteiger charge is 2.20. The van der Waals surface area contributed by atoms with Crippen LogP contribution < -0.4 is 4.74 Å². The van der Waals surface area contributed by atoms with Crippen LogP contribution in [-0.4, -0.2) is 16.7 Å². The van der Waals surface area contributed by atoms with Crippen LogP contribution in [0.5, 0.6) is 5.75 Å². The Morgan fingerprint density at radius 1 is 1.04 bits per heavy atom. The first kappa shape index (κ1) is 17.0. The van der Waals surface area contributed by atoms with E-state index in [2.05, 4.69) is 41.8 Å². The lowest BCUT2D eigenvalue weighted by Gasteiger charge is -2.24. The summed E-state index contributed by atoms with van der Waals surface area (Å²) in [6, 6.07) is 16.7. The molecular formula is C22H22N2OS. The Morgan fingerprint density at radius 2 is 1.81 bits per heavy atom. The van der Waals surface area contributed by atoms with Crippen LogP contribution in [0, 0.1) is 11.6 Å². The molecule has 1 heterocycles. The highest BCUT2D eigenvalue weighted by atomic mass is 32.1. The van der Waals surface area contributed by atoms with Gasteiger partial charge >= 0.3 is 0 Å². The summed E-state index contributed by atoms with van der Waals surface area (Å²) in [5.41, 5.74) is 5.94. The van der Waals surface area contributed by atoms with E-state index >= 15 is 0 Å². The van der Waals surface area contributed by atoms with Gasteiger partial charge in [-0.3, -0.25) is 4.57 Å². The molecular weight excluding hydrogens is 340 g/mol. The normalized spacial score (nSPS) is 13.3. The van der Waals surface area contributed by atoms with Gasteiger partial charge in [0.25, 0.3) is 0 Å². The molecule has 0 unspecified atom stereocenters. The number of aryl methyl sites for hydroxylation is 1. The van der Waals surface area contributed by atoms with E-state index in [4.69, 9.17) is 21.9 Å². The zero-order valence-corrected chi connectivity index (χ0v) is 16.0. The smallest absolute Gasteiger partial charge is 0.146 e. The molecule has 1 aliphatic carbocycles. The van der Waals surface area contributed by atoms with Crippen molar-refractivity contribution in [2.75, 3.05) is 7.11 Å². The van der Waals surface area contributed by atoms with E-state index in [-0.39, 0.29) is 0 Å². The topological polar surface area (TPSA) is 27.1 Å². The Kier molecular flexibility index (Phi) is 4.60. The lowest BCUT2D eigenvalue weighted by atomic mass is 9.96. The van der Waals surface area contributed by atoms with Crippen molar-refractivity contribution < 1.29 is 4.74 Å². The fourth-order valence-corrected chi connectivity index (χ4v) is 3.94. The second-order valence-electron chi connectivity index (χ2n) is 6.78. The molecule has 0 spiro atoms. The minimum Gasteiger partial charge on any atom is -0.497 e. The Hall–Kier alpha value is -2.46. The van der Waals surface area contributed by atoms with Crippen LogP contribution in [-0.2, 0) is 12.8 Å². The predicted molar refractivity (Wildman–Crippen MR) is 108 cm³/mol. The first-order chi connectivity index (χ1) is 12.7. The van der Waals surface area contributed by atoms with Crippen molar-refractivity contribution >= 4 is 12.2 Å². The summed E-state index contributed by atoms with van der Waals surface area (Å²) in [6.07, 6.45) is 4.43. The van der Waals surface area contributed by atoms with Crippen molar-refractivity contribution in [2.24, 2.45) is 0 Å². The second kappa shape index (κ2) is 7.04. The number of rotatable bonds is 3. The molecule has 0 N–H and O–H groups in total. The average Bonchev–Trinajstić information content (AvgIpc) is 2.69. The summed E-state index contributed by atoms with van der Waals surface area (Å²) in [4.78, 5) is 4.85. The summed E-state index contributed by atoms with van der Waals surface area (Å²) in [5.74, 6) is 1.71. The van der Waals surface area contributed by atoms with Gasteiger partial charge in [0.2, 0.25) is 0 Å². The van der Waals surface area contributed by atoms with Crippen molar-refractivity contribution in [2.45, 2.75) is 32.6 Å². The molecule has 4 rings (SSSR count). The van der Waals surface area contributed by atoms with Crippen LogP contribution in [0.1, 0.15) is 29.7 Å². The number of aromatic nitrogens is 2. The standard InChI is InChI=1S/C22H22N2OS/c1-15-10-12-17(13-11-15)24-20-9-4-3-8-19(20)22(26)23-21(24)16-6-5-7-18(14-16)25-2/h5-7,10-14H,3-4,8-9H2,1-2H3. The molecule has 0 aliphatic heterocycles. The number of fused-ring (bicyclic) bond motifs is 1. The van der Waals surface area contributed by atoms with Crippen LogP contribution in [0.15, 0.2) is 48.5 Å². The number of nitrogens with zero attached hydrogens (tertiary/aromatic N) is 2. The van der Waals surface area contributed by atoms with Crippen LogP contribution in [0.4, 0.5) is 0 Å². The highest BCUT2D eigenvalue weighted by Crippen LogP contribution is 2.31. The molecule has 26 heavy (non-hydrogen) atoms. The van der Waals surface area contributed by atoms with Crippen LogP contribution in [0.25, 0.3) is 17.1 Å². The van der Waals surface area contributed by atoms with E-state index in [0.717, 1.165) is 40.3 Å². The Labute approximate surface area is 159 Å². The molecule has 0 saturated heterocycles. The number of methoxy groups -OCH3 is 1. The molecule has 3 aromatic rings. The van der Waals surface area contributed by atoms with Gasteiger partial charge < -0.3 is 4.74 Å². The lowest BCUT2D eigenvalue weighted by molar-refractivity contribution is 0.415. The van der Waals surface area contributed by atoms with Gasteiger partial charge in [-0.2, -0.15) is 0 Å². The highest BCUT2D eigenvalue weighted by molar-refractivity contribution is 7.71. The predicted octanol–water partition coefficient (Wildman–Crippen LogP) is 5.46. The van der Waals surface area contributed by atoms with Gasteiger partial charge in [-0.25, -0.2) is 4.98 Å². The molecule has 0 radical (unpaired) electrons. The minimum absolute atomic E-state index is 0.737. The van der Waals surface area contributed by atoms with Crippen LogP contribution >= 0.6 is 12.2 Å².